The van der Waals surface area contributed by atoms with Crippen molar-refractivity contribution in [1.29, 1.82) is 0 Å². The number of nitrogens with one attached hydrogen (secondary N) is 1. The van der Waals surface area contributed by atoms with Crippen molar-refractivity contribution in [3.05, 3.63) is 40.7 Å². The maximum Gasteiger partial charge on any atom is 0.416 e. The van der Waals surface area contributed by atoms with Gasteiger partial charge in [-0.05, 0) is 36.2 Å². The van der Waals surface area contributed by atoms with Gasteiger partial charge in [0.2, 0.25) is 17.2 Å². The molecule has 1 aromatic carbocycles. The van der Waals surface area contributed by atoms with Gasteiger partial charge in [-0.15, -0.1) is 0 Å². The molecule has 0 aliphatic carbocycles. The summed E-state index contributed by atoms with van der Waals surface area (Å²) >= 11 is 5.63. The molecule has 21 heavy (non-hydrogen) atoms. The van der Waals surface area contributed by atoms with E-state index in [1.165, 1.54) is 6.07 Å². The number of hydrogen-bond donors (Lipinski definition) is 2. The van der Waals surface area contributed by atoms with E-state index in [4.69, 9.17) is 17.3 Å². The Kier molecular flexibility index (Phi) is 4.17. The average molecular weight is 318 g/mol. The summed E-state index contributed by atoms with van der Waals surface area (Å²) in [7, 11) is 0. The summed E-state index contributed by atoms with van der Waals surface area (Å²) in [5.74, 6) is 0.0196. The number of nitrogens with two attached hydrogens (primary N) is 1. The summed E-state index contributed by atoms with van der Waals surface area (Å²) in [6.07, 6.45) is -4.39. The minimum atomic E-state index is -4.39. The second kappa shape index (κ2) is 5.72. The second-order valence-electron chi connectivity index (χ2n) is 4.28. The lowest BCUT2D eigenvalue weighted by atomic mass is 10.1. The fourth-order valence-electron chi connectivity index (χ4n) is 1.69. The van der Waals surface area contributed by atoms with Crippen LogP contribution in [0, 0.1) is 0 Å². The molecule has 0 saturated carbocycles. The third-order valence-corrected chi connectivity index (χ3v) is 2.85. The van der Waals surface area contributed by atoms with E-state index in [1.807, 2.05) is 0 Å². The lowest BCUT2D eigenvalue weighted by Gasteiger charge is -2.16. The SMILES string of the molecule is CC(Nc1nc(N)nc(Cl)n1)c1cccc(C(F)(F)F)c1. The van der Waals surface area contributed by atoms with Crippen molar-refractivity contribution in [2.45, 2.75) is 19.1 Å². The van der Waals surface area contributed by atoms with Gasteiger partial charge in [-0.3, -0.25) is 0 Å². The Morgan fingerprint density at radius 1 is 1.24 bits per heavy atom. The molecule has 112 valence electrons. The monoisotopic (exact) mass is 317 g/mol. The van der Waals surface area contributed by atoms with E-state index >= 15 is 0 Å². The van der Waals surface area contributed by atoms with Crippen LogP contribution in [-0.2, 0) is 6.18 Å². The fourth-order valence-corrected chi connectivity index (χ4v) is 1.86. The van der Waals surface area contributed by atoms with Gasteiger partial charge in [0.15, 0.2) is 0 Å². The third-order valence-electron chi connectivity index (χ3n) is 2.68. The molecule has 2 rings (SSSR count). The van der Waals surface area contributed by atoms with Gasteiger partial charge >= 0.3 is 6.18 Å². The number of alkyl halides is 3. The number of rotatable bonds is 3. The van der Waals surface area contributed by atoms with Crippen molar-refractivity contribution in [1.82, 2.24) is 15.0 Å². The van der Waals surface area contributed by atoms with E-state index in [-0.39, 0.29) is 17.2 Å². The van der Waals surface area contributed by atoms with Crippen LogP contribution in [0.2, 0.25) is 5.28 Å². The number of hydrogen-bond acceptors (Lipinski definition) is 5. The first-order valence-electron chi connectivity index (χ1n) is 5.86. The smallest absolute Gasteiger partial charge is 0.368 e. The first-order valence-corrected chi connectivity index (χ1v) is 6.24. The van der Waals surface area contributed by atoms with Gasteiger partial charge < -0.3 is 11.1 Å². The van der Waals surface area contributed by atoms with E-state index in [1.54, 1.807) is 13.0 Å². The van der Waals surface area contributed by atoms with Gasteiger partial charge in [0.05, 0.1) is 11.6 Å². The lowest BCUT2D eigenvalue weighted by molar-refractivity contribution is -0.137. The van der Waals surface area contributed by atoms with Crippen LogP contribution in [-0.4, -0.2) is 15.0 Å². The molecule has 0 saturated heterocycles. The molecule has 1 atom stereocenters. The summed E-state index contributed by atoms with van der Waals surface area (Å²) < 4.78 is 38.0. The summed E-state index contributed by atoms with van der Waals surface area (Å²) in [5, 5.41) is 2.73. The maximum absolute atomic E-state index is 12.7. The second-order valence-corrected chi connectivity index (χ2v) is 4.61. The van der Waals surface area contributed by atoms with E-state index in [0.29, 0.717) is 5.56 Å². The molecule has 0 aliphatic heterocycles. The highest BCUT2D eigenvalue weighted by Gasteiger charge is 2.30. The summed E-state index contributed by atoms with van der Waals surface area (Å²) in [5.41, 5.74) is 5.13. The van der Waals surface area contributed by atoms with Crippen LogP contribution in [0.5, 0.6) is 0 Å². The Labute approximate surface area is 123 Å². The Balaban J connectivity index is 2.22. The van der Waals surface area contributed by atoms with Crippen LogP contribution in [0.4, 0.5) is 25.1 Å². The quantitative estimate of drug-likeness (QED) is 0.908. The molecule has 0 bridgehead atoms. The van der Waals surface area contributed by atoms with Crippen LogP contribution in [0.1, 0.15) is 24.1 Å². The highest BCUT2D eigenvalue weighted by Crippen LogP contribution is 2.31. The maximum atomic E-state index is 12.7. The molecular weight excluding hydrogens is 307 g/mol. The molecule has 0 fully saturated rings. The van der Waals surface area contributed by atoms with Crippen molar-refractivity contribution < 1.29 is 13.2 Å². The van der Waals surface area contributed by atoms with E-state index in [9.17, 15) is 13.2 Å². The number of nitrogen functional groups attached to an aromatic ring is 1. The van der Waals surface area contributed by atoms with Gasteiger partial charge in [-0.25, -0.2) is 0 Å². The van der Waals surface area contributed by atoms with Crippen molar-refractivity contribution in [2.75, 3.05) is 11.1 Å². The third kappa shape index (κ3) is 3.94. The van der Waals surface area contributed by atoms with Crippen LogP contribution < -0.4 is 11.1 Å². The zero-order chi connectivity index (χ0) is 15.6. The molecule has 3 N–H and O–H groups in total. The first-order chi connectivity index (χ1) is 9.75. The molecule has 0 spiro atoms. The van der Waals surface area contributed by atoms with Crippen molar-refractivity contribution >= 4 is 23.5 Å². The zero-order valence-electron chi connectivity index (χ0n) is 10.8. The molecule has 1 unspecified atom stereocenters. The van der Waals surface area contributed by atoms with Crippen molar-refractivity contribution in [2.24, 2.45) is 0 Å². The average Bonchev–Trinajstić information content (AvgIpc) is 2.36. The molecule has 9 heteroatoms. The molecule has 5 nitrogen and oxygen atoms in total. The Morgan fingerprint density at radius 2 is 1.95 bits per heavy atom. The Bertz CT molecular complexity index is 627. The number of halogens is 4. The Hall–Kier alpha value is -2.09. The van der Waals surface area contributed by atoms with Gasteiger partial charge in [0.25, 0.3) is 0 Å². The van der Waals surface area contributed by atoms with Gasteiger partial charge in [-0.2, -0.15) is 28.1 Å². The van der Waals surface area contributed by atoms with Crippen LogP contribution in [0.25, 0.3) is 0 Å². The van der Waals surface area contributed by atoms with Gasteiger partial charge in [-0.1, -0.05) is 12.1 Å². The normalized spacial score (nSPS) is 13.0. The largest absolute Gasteiger partial charge is 0.416 e. The fraction of sp³-hybridized carbons (Fsp3) is 0.250. The number of nitrogens with zero attached hydrogens (tertiary/aromatic N) is 3. The number of anilines is 2. The predicted octanol–water partition coefficient (Wildman–Crippen LogP) is 3.30. The summed E-state index contributed by atoms with van der Waals surface area (Å²) in [6, 6.07) is 4.51. The number of aromatic nitrogens is 3. The van der Waals surface area contributed by atoms with E-state index < -0.39 is 17.8 Å². The van der Waals surface area contributed by atoms with Crippen molar-refractivity contribution in [3.63, 3.8) is 0 Å². The van der Waals surface area contributed by atoms with Gasteiger partial charge in [0, 0.05) is 0 Å². The van der Waals surface area contributed by atoms with Crippen LogP contribution in [0.15, 0.2) is 24.3 Å². The molecule has 0 radical (unpaired) electrons. The molecule has 0 aliphatic rings. The van der Waals surface area contributed by atoms with Gasteiger partial charge in [0.1, 0.15) is 0 Å². The van der Waals surface area contributed by atoms with E-state index in [0.717, 1.165) is 12.1 Å². The molecule has 1 heterocycles. The highest BCUT2D eigenvalue weighted by molar-refractivity contribution is 6.28. The number of benzene rings is 1. The molecular formula is C12H11ClF3N5. The summed E-state index contributed by atoms with van der Waals surface area (Å²) in [6.45, 7) is 1.67. The highest BCUT2D eigenvalue weighted by atomic mass is 35.5. The molecule has 1 aromatic heterocycles. The minimum Gasteiger partial charge on any atom is -0.368 e. The van der Waals surface area contributed by atoms with Crippen LogP contribution >= 0.6 is 11.6 Å². The van der Waals surface area contributed by atoms with Crippen molar-refractivity contribution in [3.8, 4) is 0 Å². The molecule has 0 amide bonds. The Morgan fingerprint density at radius 3 is 2.57 bits per heavy atom. The van der Waals surface area contributed by atoms with Crippen LogP contribution in [0.3, 0.4) is 0 Å². The lowest BCUT2D eigenvalue weighted by Crippen LogP contribution is -2.13. The topological polar surface area (TPSA) is 76.7 Å². The van der Waals surface area contributed by atoms with E-state index in [2.05, 4.69) is 20.3 Å². The zero-order valence-corrected chi connectivity index (χ0v) is 11.6. The minimum absolute atomic E-state index is 0.0752. The predicted molar refractivity (Wildman–Crippen MR) is 72.7 cm³/mol. The summed E-state index contributed by atoms with van der Waals surface area (Å²) in [4.78, 5) is 11.2. The first kappa shape index (κ1) is 15.3. The molecule has 2 aromatic rings. The standard InChI is InChI=1S/C12H11ClF3N5/c1-6(18-11-20-9(13)19-10(17)21-11)7-3-2-4-8(5-7)12(14,15)16/h2-6H,1H3,(H3,17,18,19,20,21).